The molecule has 0 aliphatic heterocycles. The maximum atomic E-state index is 8.44. The van der Waals surface area contributed by atoms with Crippen LogP contribution in [0.4, 0.5) is 0 Å². The minimum absolute atomic E-state index is 0.198. The Hall–Kier alpha value is -0.120. The van der Waals surface area contributed by atoms with Crippen LogP contribution >= 0.6 is 0 Å². The quantitative estimate of drug-likeness (QED) is 0.532. The molecule has 0 rings (SSSR count). The highest BCUT2D eigenvalue weighted by Crippen LogP contribution is 1.81. The highest BCUT2D eigenvalue weighted by atomic mass is 16.5. The average Bonchev–Trinajstić information content (AvgIpc) is 1.85. The monoisotopic (exact) mass is 133 g/mol. The summed E-state index contributed by atoms with van der Waals surface area (Å²) in [4.78, 5) is 1.92. The summed E-state index contributed by atoms with van der Waals surface area (Å²) >= 11 is 0. The minimum Gasteiger partial charge on any atom is -0.395 e. The van der Waals surface area contributed by atoms with Gasteiger partial charge in [0.05, 0.1) is 13.3 Å². The lowest BCUT2D eigenvalue weighted by Gasteiger charge is -2.13. The molecule has 0 aromatic carbocycles. The van der Waals surface area contributed by atoms with Crippen LogP contribution in [0.15, 0.2) is 0 Å². The number of rotatable bonds is 5. The van der Waals surface area contributed by atoms with Crippen molar-refractivity contribution in [2.24, 2.45) is 0 Å². The number of likely N-dealkylation sites (N-methyl/N-ethyl adjacent to an activating group) is 1. The van der Waals surface area contributed by atoms with Crippen LogP contribution in [-0.4, -0.2) is 43.5 Å². The van der Waals surface area contributed by atoms with Crippen LogP contribution in [0.3, 0.4) is 0 Å². The van der Waals surface area contributed by atoms with E-state index in [1.165, 1.54) is 0 Å². The molecule has 0 aliphatic carbocycles. The van der Waals surface area contributed by atoms with Crippen molar-refractivity contribution in [1.29, 1.82) is 0 Å². The number of hydrogen-bond donors (Lipinski definition) is 1. The topological polar surface area (TPSA) is 32.7 Å². The number of aliphatic hydroxyl groups is 1. The van der Waals surface area contributed by atoms with Gasteiger partial charge in [0.15, 0.2) is 0 Å². The SMILES string of the molecule is CCOCN(C)CCO. The van der Waals surface area contributed by atoms with Crippen LogP contribution in [0.5, 0.6) is 0 Å². The number of hydrogen-bond acceptors (Lipinski definition) is 3. The molecular weight excluding hydrogens is 118 g/mol. The van der Waals surface area contributed by atoms with E-state index in [4.69, 9.17) is 9.84 Å². The third-order valence-corrected chi connectivity index (χ3v) is 0.998. The Kier molecular flexibility index (Phi) is 5.93. The summed E-state index contributed by atoms with van der Waals surface area (Å²) in [5.41, 5.74) is 0. The van der Waals surface area contributed by atoms with Crippen LogP contribution in [-0.2, 0) is 4.74 Å². The summed E-state index contributed by atoms with van der Waals surface area (Å²) in [6.45, 7) is 4.17. The molecule has 0 bridgehead atoms. The third kappa shape index (κ3) is 5.76. The van der Waals surface area contributed by atoms with Crippen molar-refractivity contribution in [2.75, 3.05) is 33.5 Å². The van der Waals surface area contributed by atoms with E-state index >= 15 is 0 Å². The molecule has 0 unspecified atom stereocenters. The van der Waals surface area contributed by atoms with Gasteiger partial charge in [0.1, 0.15) is 0 Å². The maximum Gasteiger partial charge on any atom is 0.0988 e. The molecule has 56 valence electrons. The van der Waals surface area contributed by atoms with Gasteiger partial charge in [-0.1, -0.05) is 0 Å². The molecule has 0 aromatic rings. The summed E-state index contributed by atoms with van der Waals surface area (Å²) in [7, 11) is 1.91. The van der Waals surface area contributed by atoms with Crippen LogP contribution in [0, 0.1) is 0 Å². The average molecular weight is 133 g/mol. The molecule has 3 heteroatoms. The van der Waals surface area contributed by atoms with Gasteiger partial charge in [0.2, 0.25) is 0 Å². The van der Waals surface area contributed by atoms with Crippen molar-refractivity contribution < 1.29 is 9.84 Å². The predicted octanol–water partition coefficient (Wildman–Crippen LogP) is -0.0955. The lowest BCUT2D eigenvalue weighted by atomic mass is 10.6. The lowest BCUT2D eigenvalue weighted by Crippen LogP contribution is -2.24. The molecule has 0 amide bonds. The van der Waals surface area contributed by atoms with Crippen molar-refractivity contribution in [3.8, 4) is 0 Å². The number of nitrogens with zero attached hydrogens (tertiary/aromatic N) is 1. The fourth-order valence-corrected chi connectivity index (χ4v) is 0.482. The first kappa shape index (κ1) is 8.88. The molecule has 0 saturated heterocycles. The summed E-state index contributed by atoms with van der Waals surface area (Å²) < 4.78 is 5.06. The molecule has 0 aliphatic rings. The van der Waals surface area contributed by atoms with Gasteiger partial charge in [-0.05, 0) is 14.0 Å². The van der Waals surface area contributed by atoms with Gasteiger partial charge in [-0.2, -0.15) is 0 Å². The summed E-state index contributed by atoms with van der Waals surface area (Å²) in [5, 5.41) is 8.44. The highest BCUT2D eigenvalue weighted by Gasteiger charge is 1.92. The van der Waals surface area contributed by atoms with Gasteiger partial charge in [-0.3, -0.25) is 4.90 Å². The summed E-state index contributed by atoms with van der Waals surface area (Å²) in [5.74, 6) is 0. The van der Waals surface area contributed by atoms with Gasteiger partial charge in [0.25, 0.3) is 0 Å². The van der Waals surface area contributed by atoms with Crippen LogP contribution < -0.4 is 0 Å². The van der Waals surface area contributed by atoms with Gasteiger partial charge in [-0.25, -0.2) is 0 Å². The van der Waals surface area contributed by atoms with Gasteiger partial charge in [0, 0.05) is 13.2 Å². The van der Waals surface area contributed by atoms with E-state index < -0.39 is 0 Å². The van der Waals surface area contributed by atoms with E-state index in [1.54, 1.807) is 0 Å². The fourth-order valence-electron chi connectivity index (χ4n) is 0.482. The van der Waals surface area contributed by atoms with E-state index in [9.17, 15) is 0 Å². The Morgan fingerprint density at radius 1 is 1.56 bits per heavy atom. The second-order valence-corrected chi connectivity index (χ2v) is 1.93. The van der Waals surface area contributed by atoms with Gasteiger partial charge < -0.3 is 9.84 Å². The molecule has 9 heavy (non-hydrogen) atoms. The zero-order chi connectivity index (χ0) is 7.11. The zero-order valence-electron chi connectivity index (χ0n) is 6.13. The molecule has 0 spiro atoms. The van der Waals surface area contributed by atoms with Crippen molar-refractivity contribution in [3.05, 3.63) is 0 Å². The van der Waals surface area contributed by atoms with E-state index in [0.29, 0.717) is 13.3 Å². The van der Waals surface area contributed by atoms with Crippen molar-refractivity contribution >= 4 is 0 Å². The molecule has 0 radical (unpaired) electrons. The van der Waals surface area contributed by atoms with Crippen molar-refractivity contribution in [3.63, 3.8) is 0 Å². The largest absolute Gasteiger partial charge is 0.395 e. The van der Waals surface area contributed by atoms with E-state index in [2.05, 4.69) is 0 Å². The van der Waals surface area contributed by atoms with E-state index in [-0.39, 0.29) is 6.61 Å². The van der Waals surface area contributed by atoms with E-state index in [1.807, 2.05) is 18.9 Å². The molecule has 0 fully saturated rings. The normalized spacial score (nSPS) is 10.7. The minimum atomic E-state index is 0.198. The first-order chi connectivity index (χ1) is 4.31. The number of ether oxygens (including phenoxy) is 1. The fraction of sp³-hybridized carbons (Fsp3) is 1.00. The second-order valence-electron chi connectivity index (χ2n) is 1.93. The first-order valence-corrected chi connectivity index (χ1v) is 3.18. The van der Waals surface area contributed by atoms with Gasteiger partial charge >= 0.3 is 0 Å². The Morgan fingerprint density at radius 2 is 2.22 bits per heavy atom. The molecule has 0 heterocycles. The molecule has 3 nitrogen and oxygen atoms in total. The highest BCUT2D eigenvalue weighted by molar-refractivity contribution is 4.39. The van der Waals surface area contributed by atoms with Crippen LogP contribution in [0.2, 0.25) is 0 Å². The molecular formula is C6H15NO2. The number of aliphatic hydroxyl groups excluding tert-OH is 1. The summed E-state index contributed by atoms with van der Waals surface area (Å²) in [6.07, 6.45) is 0. The lowest BCUT2D eigenvalue weighted by molar-refractivity contribution is 0.0420. The van der Waals surface area contributed by atoms with Crippen molar-refractivity contribution in [2.45, 2.75) is 6.92 Å². The molecule has 0 atom stereocenters. The second kappa shape index (κ2) is 6.01. The van der Waals surface area contributed by atoms with Crippen LogP contribution in [0.25, 0.3) is 0 Å². The van der Waals surface area contributed by atoms with E-state index in [0.717, 1.165) is 6.61 Å². The molecule has 0 aromatic heterocycles. The first-order valence-electron chi connectivity index (χ1n) is 3.18. The maximum absolute atomic E-state index is 8.44. The third-order valence-electron chi connectivity index (χ3n) is 0.998. The molecule has 0 saturated carbocycles. The molecule has 1 N–H and O–H groups in total. The van der Waals surface area contributed by atoms with Crippen LogP contribution in [0.1, 0.15) is 6.92 Å². The Labute approximate surface area is 56.2 Å². The Morgan fingerprint density at radius 3 is 2.67 bits per heavy atom. The standard InChI is InChI=1S/C6H15NO2/c1-3-9-6-7(2)4-5-8/h8H,3-6H2,1-2H3. The Balaban J connectivity index is 2.95. The zero-order valence-corrected chi connectivity index (χ0v) is 6.13. The van der Waals surface area contributed by atoms with Crippen molar-refractivity contribution in [1.82, 2.24) is 4.90 Å². The van der Waals surface area contributed by atoms with Gasteiger partial charge in [-0.15, -0.1) is 0 Å². The Bertz CT molecular complexity index is 59.0. The smallest absolute Gasteiger partial charge is 0.0988 e. The predicted molar refractivity (Wildman–Crippen MR) is 36.2 cm³/mol. The summed E-state index contributed by atoms with van der Waals surface area (Å²) in [6, 6.07) is 0.